The Morgan fingerprint density at radius 3 is 2.29 bits per heavy atom. The molecule has 0 bridgehead atoms. The lowest BCUT2D eigenvalue weighted by molar-refractivity contribution is 0.0525. The van der Waals surface area contributed by atoms with Crippen molar-refractivity contribution in [2.24, 2.45) is 5.73 Å². The number of nitrogens with two attached hydrogens (primary N) is 1. The SMILES string of the molecule is CN(C)c1ccc(C(CN)CNC(=O)OC(C)(C)C)cc1. The summed E-state index contributed by atoms with van der Waals surface area (Å²) in [4.78, 5) is 13.7. The van der Waals surface area contributed by atoms with E-state index in [1.807, 2.05) is 64.0 Å². The first-order valence-corrected chi connectivity index (χ1v) is 7.17. The third-order valence-corrected chi connectivity index (χ3v) is 3.06. The van der Waals surface area contributed by atoms with Crippen LogP contribution in [0.25, 0.3) is 0 Å². The van der Waals surface area contributed by atoms with E-state index in [1.54, 1.807) is 0 Å². The van der Waals surface area contributed by atoms with Crippen LogP contribution in [-0.4, -0.2) is 38.9 Å². The summed E-state index contributed by atoms with van der Waals surface area (Å²) < 4.78 is 5.22. The van der Waals surface area contributed by atoms with Crippen LogP contribution in [0.15, 0.2) is 24.3 Å². The minimum atomic E-state index is -0.490. The molecule has 1 amide bonds. The summed E-state index contributed by atoms with van der Waals surface area (Å²) in [6, 6.07) is 8.18. The lowest BCUT2D eigenvalue weighted by Crippen LogP contribution is -2.36. The molecule has 21 heavy (non-hydrogen) atoms. The zero-order valence-corrected chi connectivity index (χ0v) is 13.6. The van der Waals surface area contributed by atoms with Crippen LogP contribution in [0.1, 0.15) is 32.3 Å². The third kappa shape index (κ3) is 6.04. The Hall–Kier alpha value is -1.75. The van der Waals surface area contributed by atoms with Gasteiger partial charge in [0.25, 0.3) is 0 Å². The molecule has 5 heteroatoms. The molecule has 0 aromatic heterocycles. The lowest BCUT2D eigenvalue weighted by Gasteiger charge is -2.22. The lowest BCUT2D eigenvalue weighted by atomic mass is 9.99. The Kier molecular flexibility index (Phi) is 6.03. The predicted molar refractivity (Wildman–Crippen MR) is 86.8 cm³/mol. The van der Waals surface area contributed by atoms with Crippen LogP contribution in [0.3, 0.4) is 0 Å². The fourth-order valence-corrected chi connectivity index (χ4v) is 1.90. The molecule has 1 aromatic carbocycles. The van der Waals surface area contributed by atoms with Gasteiger partial charge in [-0.15, -0.1) is 0 Å². The van der Waals surface area contributed by atoms with Crippen LogP contribution < -0.4 is 16.0 Å². The second kappa shape index (κ2) is 7.31. The van der Waals surface area contributed by atoms with Crippen molar-refractivity contribution < 1.29 is 9.53 Å². The van der Waals surface area contributed by atoms with E-state index in [0.717, 1.165) is 11.3 Å². The van der Waals surface area contributed by atoms with Crippen molar-refractivity contribution in [1.82, 2.24) is 5.32 Å². The van der Waals surface area contributed by atoms with Crippen molar-refractivity contribution in [1.29, 1.82) is 0 Å². The maximum atomic E-state index is 11.7. The van der Waals surface area contributed by atoms with Crippen LogP contribution >= 0.6 is 0 Å². The number of alkyl carbamates (subject to hydrolysis) is 1. The number of hydrogen-bond acceptors (Lipinski definition) is 4. The molecular weight excluding hydrogens is 266 g/mol. The quantitative estimate of drug-likeness (QED) is 0.874. The van der Waals surface area contributed by atoms with Crippen LogP contribution in [0.5, 0.6) is 0 Å². The van der Waals surface area contributed by atoms with E-state index in [-0.39, 0.29) is 5.92 Å². The van der Waals surface area contributed by atoms with E-state index in [0.29, 0.717) is 13.1 Å². The summed E-state index contributed by atoms with van der Waals surface area (Å²) in [6.45, 7) is 6.46. The number of nitrogens with one attached hydrogen (secondary N) is 1. The highest BCUT2D eigenvalue weighted by Gasteiger charge is 2.17. The summed E-state index contributed by atoms with van der Waals surface area (Å²) in [6.07, 6.45) is -0.411. The number of ether oxygens (including phenoxy) is 1. The molecule has 118 valence electrons. The Morgan fingerprint density at radius 2 is 1.86 bits per heavy atom. The van der Waals surface area contributed by atoms with Gasteiger partial charge in [0.1, 0.15) is 5.60 Å². The number of carbonyl (C=O) groups excluding carboxylic acids is 1. The molecule has 0 fully saturated rings. The van der Waals surface area contributed by atoms with Crippen molar-refractivity contribution in [3.63, 3.8) is 0 Å². The van der Waals surface area contributed by atoms with Crippen molar-refractivity contribution >= 4 is 11.8 Å². The van der Waals surface area contributed by atoms with Crippen molar-refractivity contribution in [3.8, 4) is 0 Å². The topological polar surface area (TPSA) is 67.6 Å². The standard InChI is InChI=1S/C16H27N3O2/c1-16(2,3)21-15(20)18-11-13(10-17)12-6-8-14(9-7-12)19(4)5/h6-9,13H,10-11,17H2,1-5H3,(H,18,20). The molecule has 0 heterocycles. The van der Waals surface area contributed by atoms with E-state index < -0.39 is 11.7 Å². The molecule has 0 aliphatic carbocycles. The van der Waals surface area contributed by atoms with Gasteiger partial charge in [0.15, 0.2) is 0 Å². The fraction of sp³-hybridized carbons (Fsp3) is 0.562. The molecule has 0 aliphatic rings. The molecule has 1 atom stereocenters. The van der Waals surface area contributed by atoms with Crippen LogP contribution in [0.4, 0.5) is 10.5 Å². The minimum absolute atomic E-state index is 0.0775. The molecule has 0 radical (unpaired) electrons. The van der Waals surface area contributed by atoms with Gasteiger partial charge in [-0.05, 0) is 38.5 Å². The Morgan fingerprint density at radius 1 is 1.29 bits per heavy atom. The molecule has 0 saturated carbocycles. The summed E-state index contributed by atoms with van der Waals surface area (Å²) in [5.74, 6) is 0.0775. The largest absolute Gasteiger partial charge is 0.444 e. The summed E-state index contributed by atoms with van der Waals surface area (Å²) in [5.41, 5.74) is 7.57. The smallest absolute Gasteiger partial charge is 0.407 e. The third-order valence-electron chi connectivity index (χ3n) is 3.06. The monoisotopic (exact) mass is 293 g/mol. The highest BCUT2D eigenvalue weighted by Crippen LogP contribution is 2.18. The van der Waals surface area contributed by atoms with E-state index in [4.69, 9.17) is 10.5 Å². The van der Waals surface area contributed by atoms with E-state index in [9.17, 15) is 4.79 Å². The van der Waals surface area contributed by atoms with Gasteiger partial charge >= 0.3 is 6.09 Å². The molecule has 5 nitrogen and oxygen atoms in total. The average Bonchev–Trinajstić information content (AvgIpc) is 2.38. The first-order chi connectivity index (χ1) is 9.73. The number of amides is 1. The zero-order valence-electron chi connectivity index (χ0n) is 13.6. The molecule has 1 aromatic rings. The van der Waals surface area contributed by atoms with Crippen molar-refractivity contribution in [2.75, 3.05) is 32.1 Å². The Labute approximate surface area is 127 Å². The van der Waals surface area contributed by atoms with Gasteiger partial charge in [-0.2, -0.15) is 0 Å². The highest BCUT2D eigenvalue weighted by molar-refractivity contribution is 5.67. The normalized spacial score (nSPS) is 12.7. The van der Waals surface area contributed by atoms with Crippen LogP contribution in [0, 0.1) is 0 Å². The van der Waals surface area contributed by atoms with Crippen molar-refractivity contribution in [2.45, 2.75) is 32.3 Å². The van der Waals surface area contributed by atoms with Gasteiger partial charge in [0.2, 0.25) is 0 Å². The maximum Gasteiger partial charge on any atom is 0.407 e. The van der Waals surface area contributed by atoms with Crippen molar-refractivity contribution in [3.05, 3.63) is 29.8 Å². The number of nitrogens with zero attached hydrogens (tertiary/aromatic N) is 1. The van der Waals surface area contributed by atoms with Gasteiger partial charge in [-0.3, -0.25) is 0 Å². The average molecular weight is 293 g/mol. The number of hydrogen-bond donors (Lipinski definition) is 2. The molecule has 3 N–H and O–H groups in total. The molecule has 0 spiro atoms. The summed E-state index contributed by atoms with van der Waals surface area (Å²) in [5, 5.41) is 2.77. The van der Waals surface area contributed by atoms with Gasteiger partial charge in [0, 0.05) is 38.8 Å². The van der Waals surface area contributed by atoms with Gasteiger partial charge in [0.05, 0.1) is 0 Å². The number of carbonyl (C=O) groups is 1. The molecule has 1 unspecified atom stereocenters. The second-order valence-corrected chi connectivity index (χ2v) is 6.30. The second-order valence-electron chi connectivity index (χ2n) is 6.30. The predicted octanol–water partition coefficient (Wildman–Crippen LogP) is 2.32. The van der Waals surface area contributed by atoms with Crippen LogP contribution in [0.2, 0.25) is 0 Å². The number of anilines is 1. The van der Waals surface area contributed by atoms with E-state index in [1.165, 1.54) is 0 Å². The number of rotatable bonds is 5. The number of benzene rings is 1. The van der Waals surface area contributed by atoms with Gasteiger partial charge in [-0.1, -0.05) is 12.1 Å². The minimum Gasteiger partial charge on any atom is -0.444 e. The molecule has 0 aliphatic heterocycles. The fourth-order valence-electron chi connectivity index (χ4n) is 1.90. The summed E-state index contributed by atoms with van der Waals surface area (Å²) in [7, 11) is 4.00. The molecular formula is C16H27N3O2. The molecule has 0 saturated heterocycles. The van der Waals surface area contributed by atoms with E-state index in [2.05, 4.69) is 5.32 Å². The van der Waals surface area contributed by atoms with Crippen LogP contribution in [-0.2, 0) is 4.74 Å². The van der Waals surface area contributed by atoms with Gasteiger partial charge < -0.3 is 20.7 Å². The van der Waals surface area contributed by atoms with E-state index >= 15 is 0 Å². The Bertz CT molecular complexity index is 450. The summed E-state index contributed by atoms with van der Waals surface area (Å²) >= 11 is 0. The first kappa shape index (κ1) is 17.3. The van der Waals surface area contributed by atoms with Gasteiger partial charge in [-0.25, -0.2) is 4.79 Å². The molecule has 1 rings (SSSR count). The zero-order chi connectivity index (χ0) is 16.0. The maximum absolute atomic E-state index is 11.7. The highest BCUT2D eigenvalue weighted by atomic mass is 16.6. The Balaban J connectivity index is 2.60. The first-order valence-electron chi connectivity index (χ1n) is 7.17.